The molecular formula is C9H12N2O2S. The number of nitrogens with zero attached hydrogens (tertiary/aromatic N) is 2. The van der Waals surface area contributed by atoms with Crippen LogP contribution in [-0.2, 0) is 0 Å². The maximum atomic E-state index is 10.6. The Hall–Kier alpha value is -0.940. The molecule has 1 atom stereocenters. The molecule has 1 aliphatic heterocycles. The highest BCUT2D eigenvalue weighted by atomic mass is 32.1. The standard InChI is InChI=1S/C9H12N2O2S/c1-11-4-2-3-7(11)6-5-14-8(10-6)9(12)13/h5,7H,2-4H2,1H3,(H,12,13). The lowest BCUT2D eigenvalue weighted by molar-refractivity contribution is 0.0696. The third-order valence-electron chi connectivity index (χ3n) is 2.57. The van der Waals surface area contributed by atoms with Crippen molar-refractivity contribution in [1.82, 2.24) is 9.88 Å². The Morgan fingerprint density at radius 3 is 3.07 bits per heavy atom. The molecule has 5 heteroatoms. The fourth-order valence-corrected chi connectivity index (χ4v) is 2.52. The van der Waals surface area contributed by atoms with Crippen LogP contribution < -0.4 is 0 Å². The molecule has 1 aromatic heterocycles. The lowest BCUT2D eigenvalue weighted by atomic mass is 10.2. The molecule has 76 valence electrons. The summed E-state index contributed by atoms with van der Waals surface area (Å²) >= 11 is 1.21. The van der Waals surface area contributed by atoms with Crippen LogP contribution >= 0.6 is 11.3 Å². The summed E-state index contributed by atoms with van der Waals surface area (Å²) in [6, 6.07) is 0.319. The highest BCUT2D eigenvalue weighted by Crippen LogP contribution is 2.30. The summed E-state index contributed by atoms with van der Waals surface area (Å²) < 4.78 is 0. The van der Waals surface area contributed by atoms with Crippen LogP contribution in [0.5, 0.6) is 0 Å². The van der Waals surface area contributed by atoms with E-state index < -0.39 is 5.97 Å². The van der Waals surface area contributed by atoms with Crippen molar-refractivity contribution >= 4 is 17.3 Å². The lowest BCUT2D eigenvalue weighted by Crippen LogP contribution is -2.17. The van der Waals surface area contributed by atoms with Crippen molar-refractivity contribution in [3.8, 4) is 0 Å². The summed E-state index contributed by atoms with van der Waals surface area (Å²) in [6.07, 6.45) is 2.25. The van der Waals surface area contributed by atoms with Gasteiger partial charge in [0.2, 0.25) is 5.01 Å². The van der Waals surface area contributed by atoms with E-state index in [2.05, 4.69) is 16.9 Å². The highest BCUT2D eigenvalue weighted by Gasteiger charge is 2.25. The van der Waals surface area contributed by atoms with Crippen molar-refractivity contribution in [2.45, 2.75) is 18.9 Å². The van der Waals surface area contributed by atoms with Crippen LogP contribution in [0.4, 0.5) is 0 Å². The van der Waals surface area contributed by atoms with E-state index in [1.807, 2.05) is 5.38 Å². The van der Waals surface area contributed by atoms with Gasteiger partial charge in [0.05, 0.1) is 11.7 Å². The lowest BCUT2D eigenvalue weighted by Gasteiger charge is -2.16. The van der Waals surface area contributed by atoms with Crippen LogP contribution in [0, 0.1) is 0 Å². The average Bonchev–Trinajstić information content (AvgIpc) is 2.71. The molecule has 0 bridgehead atoms. The SMILES string of the molecule is CN1CCCC1c1csc(C(=O)O)n1. The number of rotatable bonds is 2. The molecule has 14 heavy (non-hydrogen) atoms. The first kappa shape index (κ1) is 9.61. The Labute approximate surface area is 86.2 Å². The zero-order valence-electron chi connectivity index (χ0n) is 7.93. The molecule has 1 fully saturated rings. The number of carboxylic acids is 1. The molecule has 0 spiro atoms. The first-order valence-electron chi connectivity index (χ1n) is 4.57. The number of hydrogen-bond donors (Lipinski definition) is 1. The third kappa shape index (κ3) is 1.65. The molecule has 1 saturated heterocycles. The summed E-state index contributed by atoms with van der Waals surface area (Å²) in [5.41, 5.74) is 0.910. The van der Waals surface area contributed by atoms with E-state index in [0.29, 0.717) is 6.04 Å². The van der Waals surface area contributed by atoms with Gasteiger partial charge in [0.25, 0.3) is 0 Å². The van der Waals surface area contributed by atoms with Gasteiger partial charge in [0.1, 0.15) is 0 Å². The molecule has 0 radical (unpaired) electrons. The number of likely N-dealkylation sites (tertiary alicyclic amines) is 1. The fourth-order valence-electron chi connectivity index (χ4n) is 1.82. The van der Waals surface area contributed by atoms with Crippen LogP contribution in [0.2, 0.25) is 0 Å². The maximum absolute atomic E-state index is 10.6. The van der Waals surface area contributed by atoms with Gasteiger partial charge in [0.15, 0.2) is 0 Å². The van der Waals surface area contributed by atoms with Gasteiger partial charge in [0, 0.05) is 5.38 Å². The van der Waals surface area contributed by atoms with Crippen molar-refractivity contribution < 1.29 is 9.90 Å². The predicted octanol–water partition coefficient (Wildman–Crippen LogP) is 1.61. The quantitative estimate of drug-likeness (QED) is 0.809. The molecule has 0 saturated carbocycles. The van der Waals surface area contributed by atoms with Gasteiger partial charge in [-0.2, -0.15) is 0 Å². The Bertz CT molecular complexity index is 350. The van der Waals surface area contributed by atoms with Crippen molar-refractivity contribution in [2.75, 3.05) is 13.6 Å². The van der Waals surface area contributed by atoms with E-state index in [0.717, 1.165) is 18.7 Å². The zero-order valence-corrected chi connectivity index (χ0v) is 8.75. The number of carboxylic acid groups (broad SMARTS) is 1. The first-order chi connectivity index (χ1) is 6.68. The first-order valence-corrected chi connectivity index (χ1v) is 5.45. The second kappa shape index (κ2) is 3.67. The van der Waals surface area contributed by atoms with Crippen molar-refractivity contribution in [3.63, 3.8) is 0 Å². The molecule has 2 heterocycles. The molecule has 1 aromatic rings. The van der Waals surface area contributed by atoms with Gasteiger partial charge in [-0.1, -0.05) is 0 Å². The van der Waals surface area contributed by atoms with Gasteiger partial charge >= 0.3 is 5.97 Å². The van der Waals surface area contributed by atoms with Crippen molar-refractivity contribution in [2.24, 2.45) is 0 Å². The number of carbonyl (C=O) groups is 1. The largest absolute Gasteiger partial charge is 0.476 e. The Kier molecular flexibility index (Phi) is 2.52. The van der Waals surface area contributed by atoms with E-state index in [1.165, 1.54) is 17.8 Å². The van der Waals surface area contributed by atoms with Gasteiger partial charge in [-0.25, -0.2) is 9.78 Å². The Morgan fingerprint density at radius 1 is 1.79 bits per heavy atom. The zero-order chi connectivity index (χ0) is 10.1. The van der Waals surface area contributed by atoms with Gasteiger partial charge in [-0.15, -0.1) is 11.3 Å². The molecule has 0 amide bonds. The van der Waals surface area contributed by atoms with Crippen molar-refractivity contribution in [3.05, 3.63) is 16.1 Å². The molecular weight excluding hydrogens is 200 g/mol. The smallest absolute Gasteiger partial charge is 0.365 e. The summed E-state index contributed by atoms with van der Waals surface area (Å²) in [7, 11) is 2.05. The Morgan fingerprint density at radius 2 is 2.57 bits per heavy atom. The minimum Gasteiger partial charge on any atom is -0.476 e. The molecule has 4 nitrogen and oxygen atoms in total. The predicted molar refractivity (Wildman–Crippen MR) is 53.7 cm³/mol. The van der Waals surface area contributed by atoms with E-state index >= 15 is 0 Å². The van der Waals surface area contributed by atoms with Crippen LogP contribution in [-0.4, -0.2) is 34.6 Å². The second-order valence-corrected chi connectivity index (χ2v) is 4.38. The molecule has 1 N–H and O–H groups in total. The van der Waals surface area contributed by atoms with Gasteiger partial charge in [-0.3, -0.25) is 4.90 Å². The number of hydrogen-bond acceptors (Lipinski definition) is 4. The summed E-state index contributed by atoms with van der Waals surface area (Å²) in [5.74, 6) is -0.929. The minimum absolute atomic E-state index is 0.195. The van der Waals surface area contributed by atoms with Crippen LogP contribution in [0.3, 0.4) is 0 Å². The van der Waals surface area contributed by atoms with E-state index in [9.17, 15) is 4.79 Å². The highest BCUT2D eigenvalue weighted by molar-refractivity contribution is 7.11. The molecule has 1 aliphatic rings. The van der Waals surface area contributed by atoms with Gasteiger partial charge in [-0.05, 0) is 26.4 Å². The average molecular weight is 212 g/mol. The number of thiazole rings is 1. The summed E-state index contributed by atoms with van der Waals surface area (Å²) in [5, 5.41) is 10.8. The van der Waals surface area contributed by atoms with E-state index in [1.54, 1.807) is 0 Å². The number of aromatic nitrogens is 1. The van der Waals surface area contributed by atoms with Crippen LogP contribution in [0.1, 0.15) is 34.4 Å². The normalized spacial score (nSPS) is 22.8. The topological polar surface area (TPSA) is 53.4 Å². The second-order valence-electron chi connectivity index (χ2n) is 3.52. The van der Waals surface area contributed by atoms with Crippen LogP contribution in [0.15, 0.2) is 5.38 Å². The summed E-state index contributed by atoms with van der Waals surface area (Å²) in [6.45, 7) is 1.07. The van der Waals surface area contributed by atoms with Crippen LogP contribution in [0.25, 0.3) is 0 Å². The maximum Gasteiger partial charge on any atom is 0.365 e. The molecule has 0 aromatic carbocycles. The minimum atomic E-state index is -0.929. The fraction of sp³-hybridized carbons (Fsp3) is 0.556. The monoisotopic (exact) mass is 212 g/mol. The molecule has 2 rings (SSSR count). The van der Waals surface area contributed by atoms with E-state index in [4.69, 9.17) is 5.11 Å². The third-order valence-corrected chi connectivity index (χ3v) is 3.42. The van der Waals surface area contributed by atoms with Crippen molar-refractivity contribution in [1.29, 1.82) is 0 Å². The summed E-state index contributed by atoms with van der Waals surface area (Å²) in [4.78, 5) is 17.0. The number of aromatic carboxylic acids is 1. The Balaban J connectivity index is 2.20. The van der Waals surface area contributed by atoms with Gasteiger partial charge < -0.3 is 5.11 Å². The molecule has 0 aliphatic carbocycles. The molecule has 1 unspecified atom stereocenters. The van der Waals surface area contributed by atoms with E-state index in [-0.39, 0.29) is 5.01 Å².